The van der Waals surface area contributed by atoms with Crippen LogP contribution in [0.15, 0.2) is 36.2 Å². The van der Waals surface area contributed by atoms with E-state index in [1.165, 1.54) is 37.1 Å². The molecule has 0 radical (unpaired) electrons. The Hall–Kier alpha value is -1.84. The van der Waals surface area contributed by atoms with Crippen molar-refractivity contribution in [1.82, 2.24) is 10.6 Å². The van der Waals surface area contributed by atoms with E-state index in [4.69, 9.17) is 0 Å². The summed E-state index contributed by atoms with van der Waals surface area (Å²) in [6, 6.07) is 6.53. The maximum atomic E-state index is 12.8. The van der Waals surface area contributed by atoms with Gasteiger partial charge in [0.05, 0.1) is 0 Å². The van der Waals surface area contributed by atoms with Crippen molar-refractivity contribution >= 4 is 5.78 Å². The van der Waals surface area contributed by atoms with Gasteiger partial charge in [-0.3, -0.25) is 4.79 Å². The molecule has 2 fully saturated rings. The summed E-state index contributed by atoms with van der Waals surface area (Å²) in [6.45, 7) is 0. The number of fused-ring (bicyclic) bond motifs is 1. The molecule has 0 spiro atoms. The van der Waals surface area contributed by atoms with E-state index in [0.29, 0.717) is 17.6 Å². The summed E-state index contributed by atoms with van der Waals surface area (Å²) in [7, 11) is 0. The molecular weight excluding hydrogens is 243 g/mol. The minimum atomic E-state index is -0.327. The van der Waals surface area contributed by atoms with E-state index in [1.807, 2.05) is 0 Å². The molecule has 1 saturated carbocycles. The molecule has 0 aromatic heterocycles. The van der Waals surface area contributed by atoms with Gasteiger partial charge < -0.3 is 10.6 Å². The van der Waals surface area contributed by atoms with E-state index >= 15 is 0 Å². The second-order valence-electron chi connectivity index (χ2n) is 5.22. The second-order valence-corrected chi connectivity index (χ2v) is 5.22. The first kappa shape index (κ1) is 12.2. The molecule has 100 valence electrons. The number of carbonyl (C=O) groups excluding carboxylic acids is 1. The number of ketones is 1. The zero-order valence-corrected chi connectivity index (χ0v) is 10.7. The predicted molar refractivity (Wildman–Crippen MR) is 71.1 cm³/mol. The molecule has 0 unspecified atom stereocenters. The Morgan fingerprint density at radius 2 is 1.68 bits per heavy atom. The molecule has 3 rings (SSSR count). The van der Waals surface area contributed by atoms with Gasteiger partial charge in [-0.2, -0.15) is 0 Å². The van der Waals surface area contributed by atoms with Crippen molar-refractivity contribution in [3.05, 3.63) is 47.5 Å². The first-order chi connectivity index (χ1) is 9.22. The SMILES string of the molecule is O=C(C=C1N[C@H]2CCCC[C@@H]2N1)c1ccc(F)cc1. The first-order valence-electron chi connectivity index (χ1n) is 6.77. The fourth-order valence-electron chi connectivity index (χ4n) is 2.83. The average molecular weight is 260 g/mol. The van der Waals surface area contributed by atoms with Crippen molar-refractivity contribution < 1.29 is 9.18 Å². The third-order valence-corrected chi connectivity index (χ3v) is 3.85. The fraction of sp³-hybridized carbons (Fsp3) is 0.400. The maximum absolute atomic E-state index is 12.8. The van der Waals surface area contributed by atoms with Gasteiger partial charge in [0.2, 0.25) is 0 Å². The van der Waals surface area contributed by atoms with Crippen LogP contribution in [0, 0.1) is 5.82 Å². The van der Waals surface area contributed by atoms with Crippen LogP contribution in [0.2, 0.25) is 0 Å². The molecule has 19 heavy (non-hydrogen) atoms. The minimum Gasteiger partial charge on any atom is -0.367 e. The number of rotatable bonds is 2. The van der Waals surface area contributed by atoms with Crippen LogP contribution >= 0.6 is 0 Å². The van der Waals surface area contributed by atoms with Crippen molar-refractivity contribution in [3.63, 3.8) is 0 Å². The molecule has 1 aliphatic carbocycles. The highest BCUT2D eigenvalue weighted by molar-refractivity contribution is 6.04. The topological polar surface area (TPSA) is 41.1 Å². The van der Waals surface area contributed by atoms with E-state index in [9.17, 15) is 9.18 Å². The molecule has 2 N–H and O–H groups in total. The van der Waals surface area contributed by atoms with Gasteiger partial charge in [0, 0.05) is 23.7 Å². The monoisotopic (exact) mass is 260 g/mol. The Bertz CT molecular complexity index is 493. The predicted octanol–water partition coefficient (Wildman–Crippen LogP) is 2.35. The summed E-state index contributed by atoms with van der Waals surface area (Å²) in [5, 5.41) is 6.72. The lowest BCUT2D eigenvalue weighted by Crippen LogP contribution is -2.36. The summed E-state index contributed by atoms with van der Waals surface area (Å²) in [6.07, 6.45) is 6.37. The first-order valence-corrected chi connectivity index (χ1v) is 6.77. The third kappa shape index (κ3) is 2.62. The normalized spacial score (nSPS) is 25.2. The van der Waals surface area contributed by atoms with Crippen LogP contribution in [0.25, 0.3) is 0 Å². The zero-order valence-electron chi connectivity index (χ0n) is 10.7. The fourth-order valence-corrected chi connectivity index (χ4v) is 2.83. The molecule has 4 heteroatoms. The lowest BCUT2D eigenvalue weighted by Gasteiger charge is -2.23. The molecule has 0 bridgehead atoms. The largest absolute Gasteiger partial charge is 0.367 e. The highest BCUT2D eigenvalue weighted by Gasteiger charge is 2.31. The number of nitrogens with one attached hydrogen (secondary N) is 2. The molecule has 1 aliphatic heterocycles. The van der Waals surface area contributed by atoms with Crippen LogP contribution in [0.4, 0.5) is 4.39 Å². The van der Waals surface area contributed by atoms with Crippen molar-refractivity contribution in [1.29, 1.82) is 0 Å². The minimum absolute atomic E-state index is 0.103. The zero-order chi connectivity index (χ0) is 13.2. The van der Waals surface area contributed by atoms with Crippen LogP contribution in [0.3, 0.4) is 0 Å². The highest BCUT2D eigenvalue weighted by atomic mass is 19.1. The van der Waals surface area contributed by atoms with Gasteiger partial charge in [-0.1, -0.05) is 12.8 Å². The summed E-state index contributed by atoms with van der Waals surface area (Å²) >= 11 is 0. The number of carbonyl (C=O) groups is 1. The number of hydrogen-bond acceptors (Lipinski definition) is 3. The molecule has 1 heterocycles. The molecule has 1 aromatic rings. The number of allylic oxidation sites excluding steroid dienone is 1. The lowest BCUT2D eigenvalue weighted by atomic mass is 9.92. The smallest absolute Gasteiger partial charge is 0.189 e. The highest BCUT2D eigenvalue weighted by Crippen LogP contribution is 2.23. The second kappa shape index (κ2) is 5.03. The van der Waals surface area contributed by atoms with Gasteiger partial charge in [0.1, 0.15) is 11.6 Å². The van der Waals surface area contributed by atoms with E-state index in [-0.39, 0.29) is 11.6 Å². The van der Waals surface area contributed by atoms with Crippen molar-refractivity contribution in [3.8, 4) is 0 Å². The van der Waals surface area contributed by atoms with Crippen molar-refractivity contribution in [2.24, 2.45) is 0 Å². The summed E-state index contributed by atoms with van der Waals surface area (Å²) in [5.41, 5.74) is 0.507. The van der Waals surface area contributed by atoms with Crippen LogP contribution in [0.5, 0.6) is 0 Å². The molecule has 1 aromatic carbocycles. The van der Waals surface area contributed by atoms with Gasteiger partial charge in [0.15, 0.2) is 5.78 Å². The molecule has 3 nitrogen and oxygen atoms in total. The number of hydrogen-bond donors (Lipinski definition) is 2. The molecular formula is C15H17FN2O. The quantitative estimate of drug-likeness (QED) is 0.633. The van der Waals surface area contributed by atoms with Gasteiger partial charge in [0.25, 0.3) is 0 Å². The Labute approximate surface area is 111 Å². The summed E-state index contributed by atoms with van der Waals surface area (Å²) in [4.78, 5) is 12.0. The van der Waals surface area contributed by atoms with E-state index < -0.39 is 0 Å². The van der Waals surface area contributed by atoms with Gasteiger partial charge in [-0.05, 0) is 37.1 Å². The van der Waals surface area contributed by atoms with E-state index in [1.54, 1.807) is 6.08 Å². The number of benzene rings is 1. The Balaban J connectivity index is 1.72. The van der Waals surface area contributed by atoms with Gasteiger partial charge >= 0.3 is 0 Å². The van der Waals surface area contributed by atoms with E-state index in [2.05, 4.69) is 10.6 Å². The Morgan fingerprint density at radius 3 is 2.26 bits per heavy atom. The van der Waals surface area contributed by atoms with Crippen LogP contribution in [-0.4, -0.2) is 17.9 Å². The standard InChI is InChI=1S/C15H17FN2O/c16-11-7-5-10(6-8-11)14(19)9-15-17-12-3-1-2-4-13(12)18-15/h5-9,12-13,17-18H,1-4H2/t12-,13-/m0/s1. The Morgan fingerprint density at radius 1 is 1.11 bits per heavy atom. The molecule has 2 aliphatic rings. The molecule has 1 saturated heterocycles. The van der Waals surface area contributed by atoms with Crippen molar-refractivity contribution in [2.45, 2.75) is 37.8 Å². The number of halogens is 1. The summed E-state index contributed by atoms with van der Waals surface area (Å²) < 4.78 is 12.8. The molecule has 0 amide bonds. The molecule has 2 atom stereocenters. The third-order valence-electron chi connectivity index (χ3n) is 3.85. The lowest BCUT2D eigenvalue weighted by molar-refractivity contribution is 0.104. The van der Waals surface area contributed by atoms with Crippen LogP contribution in [0.1, 0.15) is 36.0 Å². The van der Waals surface area contributed by atoms with Crippen molar-refractivity contribution in [2.75, 3.05) is 0 Å². The van der Waals surface area contributed by atoms with Crippen LogP contribution < -0.4 is 10.6 Å². The van der Waals surface area contributed by atoms with E-state index in [0.717, 1.165) is 18.7 Å². The van der Waals surface area contributed by atoms with Gasteiger partial charge in [-0.25, -0.2) is 4.39 Å². The van der Waals surface area contributed by atoms with Gasteiger partial charge in [-0.15, -0.1) is 0 Å². The summed E-state index contributed by atoms with van der Waals surface area (Å²) in [5.74, 6) is 0.368. The average Bonchev–Trinajstić information content (AvgIpc) is 2.81. The van der Waals surface area contributed by atoms with Crippen LogP contribution in [-0.2, 0) is 0 Å². The maximum Gasteiger partial charge on any atom is 0.189 e. The Kier molecular flexibility index (Phi) is 3.23.